The average molecular weight is 392 g/mol. The normalized spacial score (nSPS) is 11.7. The number of ether oxygens (including phenoxy) is 1. The van der Waals surface area contributed by atoms with Gasteiger partial charge in [-0.25, -0.2) is 4.98 Å². The summed E-state index contributed by atoms with van der Waals surface area (Å²) in [4.78, 5) is 4.02. The number of hydrazone groups is 1. The van der Waals surface area contributed by atoms with Crippen LogP contribution in [0.3, 0.4) is 0 Å². The van der Waals surface area contributed by atoms with Crippen LogP contribution in [0.2, 0.25) is 0 Å². The number of nitrogens with one attached hydrogen (secondary N) is 1. The van der Waals surface area contributed by atoms with E-state index in [9.17, 15) is 13.2 Å². The lowest BCUT2D eigenvalue weighted by Gasteiger charge is -2.11. The van der Waals surface area contributed by atoms with Gasteiger partial charge in [0.1, 0.15) is 18.2 Å². The number of nitrogens with two attached hydrogens (primary N) is 1. The molecule has 2 aromatic carbocycles. The smallest absolute Gasteiger partial charge is 0.416 e. The van der Waals surface area contributed by atoms with Gasteiger partial charge in [0.05, 0.1) is 11.8 Å². The number of nitrogens with zero attached hydrogens (tertiary/aromatic N) is 2. The third-order valence-corrected chi connectivity index (χ3v) is 4.22. The monoisotopic (exact) mass is 392 g/mol. The second-order valence-electron chi connectivity index (χ2n) is 5.47. The van der Waals surface area contributed by atoms with Gasteiger partial charge >= 0.3 is 6.18 Å². The van der Waals surface area contributed by atoms with E-state index in [0.717, 1.165) is 12.1 Å². The van der Waals surface area contributed by atoms with Crippen molar-refractivity contribution in [3.8, 4) is 5.75 Å². The highest BCUT2D eigenvalue weighted by molar-refractivity contribution is 7.14. The Bertz CT molecular complexity index is 940. The van der Waals surface area contributed by atoms with Gasteiger partial charge in [-0.2, -0.15) is 18.3 Å². The van der Waals surface area contributed by atoms with Crippen LogP contribution in [0.15, 0.2) is 59.0 Å². The van der Waals surface area contributed by atoms with Gasteiger partial charge in [0, 0.05) is 10.9 Å². The van der Waals surface area contributed by atoms with Crippen molar-refractivity contribution in [2.24, 2.45) is 5.10 Å². The van der Waals surface area contributed by atoms with Crippen LogP contribution in [-0.2, 0) is 12.8 Å². The first-order valence-electron chi connectivity index (χ1n) is 7.80. The number of nitrogen functional groups attached to an aromatic ring is 1. The van der Waals surface area contributed by atoms with Crippen molar-refractivity contribution in [1.29, 1.82) is 0 Å². The summed E-state index contributed by atoms with van der Waals surface area (Å²) in [5, 5.41) is 6.31. The lowest BCUT2D eigenvalue weighted by molar-refractivity contribution is -0.137. The van der Waals surface area contributed by atoms with Gasteiger partial charge in [-0.1, -0.05) is 24.3 Å². The Morgan fingerprint density at radius 2 is 2.00 bits per heavy atom. The SMILES string of the molecule is Nc1csc(NN=Cc2ccccc2OCc2cccc(C(F)(F)F)c2)n1. The zero-order valence-corrected chi connectivity index (χ0v) is 14.7. The molecule has 140 valence electrons. The van der Waals surface area contributed by atoms with Gasteiger partial charge in [-0.15, -0.1) is 11.3 Å². The topological polar surface area (TPSA) is 72.5 Å². The predicted octanol–water partition coefficient (Wildman–Crippen LogP) is 4.77. The number of thiazole rings is 1. The van der Waals surface area contributed by atoms with Crippen LogP contribution < -0.4 is 15.9 Å². The quantitative estimate of drug-likeness (QED) is 0.468. The summed E-state index contributed by atoms with van der Waals surface area (Å²) < 4.78 is 44.1. The van der Waals surface area contributed by atoms with Crippen molar-refractivity contribution in [2.45, 2.75) is 12.8 Å². The summed E-state index contributed by atoms with van der Waals surface area (Å²) in [6.45, 7) is 0.00517. The predicted molar refractivity (Wildman–Crippen MR) is 100.0 cm³/mol. The average Bonchev–Trinajstić information content (AvgIpc) is 3.06. The molecule has 0 amide bonds. The highest BCUT2D eigenvalue weighted by Gasteiger charge is 2.30. The number of para-hydroxylation sites is 1. The van der Waals surface area contributed by atoms with E-state index in [1.165, 1.54) is 17.4 Å². The maximum absolute atomic E-state index is 12.8. The molecule has 27 heavy (non-hydrogen) atoms. The molecule has 0 spiro atoms. The van der Waals surface area contributed by atoms with Crippen molar-refractivity contribution in [2.75, 3.05) is 11.2 Å². The molecule has 5 nitrogen and oxygen atoms in total. The van der Waals surface area contributed by atoms with Gasteiger partial charge < -0.3 is 10.5 Å². The molecule has 3 rings (SSSR count). The van der Waals surface area contributed by atoms with Crippen LogP contribution in [0.4, 0.5) is 24.1 Å². The molecule has 0 unspecified atom stereocenters. The fourth-order valence-corrected chi connectivity index (χ4v) is 2.76. The number of hydrogen-bond acceptors (Lipinski definition) is 6. The standard InChI is InChI=1S/C18H15F3N4OS/c19-18(20,21)14-6-3-4-12(8-14)10-26-15-7-2-1-5-13(15)9-23-25-17-24-16(22)11-27-17/h1-9,11H,10,22H2,(H,24,25). The number of aromatic nitrogens is 1. The van der Waals surface area contributed by atoms with Gasteiger partial charge in [0.25, 0.3) is 0 Å². The zero-order valence-electron chi connectivity index (χ0n) is 13.9. The molecule has 0 atom stereocenters. The van der Waals surface area contributed by atoms with E-state index in [2.05, 4.69) is 15.5 Å². The van der Waals surface area contributed by atoms with Crippen LogP contribution in [-0.4, -0.2) is 11.2 Å². The molecule has 3 aromatic rings. The molecule has 1 aromatic heterocycles. The molecule has 0 aliphatic heterocycles. The summed E-state index contributed by atoms with van der Waals surface area (Å²) in [6.07, 6.45) is -2.84. The maximum atomic E-state index is 12.8. The van der Waals surface area contributed by atoms with Gasteiger partial charge in [-0.3, -0.25) is 5.43 Å². The Hall–Kier alpha value is -3.07. The van der Waals surface area contributed by atoms with E-state index in [-0.39, 0.29) is 6.61 Å². The van der Waals surface area contributed by atoms with Crippen LogP contribution in [0.1, 0.15) is 16.7 Å². The highest BCUT2D eigenvalue weighted by atomic mass is 32.1. The van der Waals surface area contributed by atoms with Crippen molar-refractivity contribution < 1.29 is 17.9 Å². The lowest BCUT2D eigenvalue weighted by atomic mass is 10.1. The molecule has 0 bridgehead atoms. The molecular formula is C18H15F3N4OS. The molecule has 3 N–H and O–H groups in total. The van der Waals surface area contributed by atoms with E-state index in [0.29, 0.717) is 27.8 Å². The molecule has 9 heteroatoms. The lowest BCUT2D eigenvalue weighted by Crippen LogP contribution is -2.06. The number of anilines is 2. The first-order chi connectivity index (χ1) is 12.9. The molecule has 0 saturated carbocycles. The molecule has 0 aliphatic rings. The van der Waals surface area contributed by atoms with Crippen molar-refractivity contribution in [3.05, 3.63) is 70.6 Å². The number of alkyl halides is 3. The van der Waals surface area contributed by atoms with Gasteiger partial charge in [0.15, 0.2) is 0 Å². The van der Waals surface area contributed by atoms with E-state index < -0.39 is 11.7 Å². The third kappa shape index (κ3) is 5.20. The van der Waals surface area contributed by atoms with E-state index in [4.69, 9.17) is 10.5 Å². The van der Waals surface area contributed by atoms with Gasteiger partial charge in [0.2, 0.25) is 5.13 Å². The number of hydrogen-bond donors (Lipinski definition) is 2. The molecule has 1 heterocycles. The van der Waals surface area contributed by atoms with E-state index in [1.807, 2.05) is 0 Å². The molecule has 0 fully saturated rings. The fraction of sp³-hybridized carbons (Fsp3) is 0.111. The fourth-order valence-electron chi connectivity index (χ4n) is 2.21. The second-order valence-corrected chi connectivity index (χ2v) is 6.33. The first-order valence-corrected chi connectivity index (χ1v) is 8.68. The van der Waals surface area contributed by atoms with Gasteiger partial charge in [-0.05, 0) is 29.8 Å². The Balaban J connectivity index is 1.67. The minimum absolute atomic E-state index is 0.00517. The largest absolute Gasteiger partial charge is 0.488 e. The van der Waals surface area contributed by atoms with Crippen molar-refractivity contribution in [1.82, 2.24) is 4.98 Å². The molecule has 0 saturated heterocycles. The zero-order chi connectivity index (χ0) is 19.3. The Morgan fingerprint density at radius 1 is 1.19 bits per heavy atom. The van der Waals surface area contributed by atoms with Crippen LogP contribution in [0.25, 0.3) is 0 Å². The Morgan fingerprint density at radius 3 is 2.74 bits per heavy atom. The van der Waals surface area contributed by atoms with Crippen LogP contribution in [0, 0.1) is 0 Å². The van der Waals surface area contributed by atoms with Crippen molar-refractivity contribution >= 4 is 28.5 Å². The van der Waals surface area contributed by atoms with Crippen LogP contribution in [0.5, 0.6) is 5.75 Å². The van der Waals surface area contributed by atoms with E-state index in [1.54, 1.807) is 41.9 Å². The summed E-state index contributed by atoms with van der Waals surface area (Å²) in [7, 11) is 0. The Kier molecular flexibility index (Phi) is 5.60. The first kappa shape index (κ1) is 18.7. The highest BCUT2D eigenvalue weighted by Crippen LogP contribution is 2.30. The summed E-state index contributed by atoms with van der Waals surface area (Å²) in [5.74, 6) is 0.904. The van der Waals surface area contributed by atoms with Crippen molar-refractivity contribution in [3.63, 3.8) is 0 Å². The minimum atomic E-state index is -4.38. The Labute approximate surface area is 157 Å². The summed E-state index contributed by atoms with van der Waals surface area (Å²) >= 11 is 1.32. The minimum Gasteiger partial charge on any atom is -0.488 e. The molecular weight excluding hydrogens is 377 g/mol. The molecule has 0 radical (unpaired) electrons. The van der Waals surface area contributed by atoms with Crippen LogP contribution >= 0.6 is 11.3 Å². The van der Waals surface area contributed by atoms with E-state index >= 15 is 0 Å². The number of halogens is 3. The summed E-state index contributed by atoms with van der Waals surface area (Å²) in [5.41, 5.74) is 8.68. The summed E-state index contributed by atoms with van der Waals surface area (Å²) in [6, 6.07) is 12.1. The third-order valence-electron chi connectivity index (χ3n) is 3.45. The molecule has 0 aliphatic carbocycles. The second kappa shape index (κ2) is 8.09. The number of benzene rings is 2. The number of rotatable bonds is 6. The maximum Gasteiger partial charge on any atom is 0.416 e.